The zero-order valence-electron chi connectivity index (χ0n) is 9.60. The summed E-state index contributed by atoms with van der Waals surface area (Å²) in [6.07, 6.45) is 2.55. The van der Waals surface area contributed by atoms with Crippen molar-refractivity contribution < 1.29 is 9.90 Å². The SMILES string of the molecule is CCc1ccc(-c2[nH]ncc2CC(=O)O)cc1. The number of aromatic nitrogens is 2. The van der Waals surface area contributed by atoms with Gasteiger partial charge in [-0.05, 0) is 17.5 Å². The molecule has 0 spiro atoms. The highest BCUT2D eigenvalue weighted by Gasteiger charge is 2.10. The lowest BCUT2D eigenvalue weighted by atomic mass is 10.0. The number of aromatic amines is 1. The number of rotatable bonds is 4. The number of carbonyl (C=O) groups is 1. The average Bonchev–Trinajstić information content (AvgIpc) is 2.76. The van der Waals surface area contributed by atoms with E-state index in [2.05, 4.69) is 17.1 Å². The van der Waals surface area contributed by atoms with Gasteiger partial charge in [-0.15, -0.1) is 0 Å². The summed E-state index contributed by atoms with van der Waals surface area (Å²) in [5, 5.41) is 15.6. The second kappa shape index (κ2) is 4.82. The third kappa shape index (κ3) is 2.53. The number of carboxylic acid groups (broad SMARTS) is 1. The Morgan fingerprint density at radius 2 is 2.06 bits per heavy atom. The molecule has 2 rings (SSSR count). The Morgan fingerprint density at radius 3 is 2.65 bits per heavy atom. The van der Waals surface area contributed by atoms with Crippen LogP contribution < -0.4 is 0 Å². The molecule has 0 fully saturated rings. The quantitative estimate of drug-likeness (QED) is 0.846. The summed E-state index contributed by atoms with van der Waals surface area (Å²) in [5.41, 5.74) is 3.72. The molecular formula is C13H14N2O2. The molecule has 17 heavy (non-hydrogen) atoms. The van der Waals surface area contributed by atoms with Crippen molar-refractivity contribution in [2.75, 3.05) is 0 Å². The lowest BCUT2D eigenvalue weighted by molar-refractivity contribution is -0.136. The van der Waals surface area contributed by atoms with E-state index in [1.807, 2.05) is 24.3 Å². The van der Waals surface area contributed by atoms with Gasteiger partial charge in [0.2, 0.25) is 0 Å². The first-order chi connectivity index (χ1) is 8.20. The van der Waals surface area contributed by atoms with Gasteiger partial charge in [-0.2, -0.15) is 5.10 Å². The number of aliphatic carboxylic acids is 1. The minimum absolute atomic E-state index is 0.0125. The molecule has 1 aromatic carbocycles. The molecule has 0 bridgehead atoms. The zero-order valence-corrected chi connectivity index (χ0v) is 9.60. The molecule has 88 valence electrons. The monoisotopic (exact) mass is 230 g/mol. The number of nitrogens with one attached hydrogen (secondary N) is 1. The molecule has 2 N–H and O–H groups in total. The normalized spacial score (nSPS) is 10.4. The van der Waals surface area contributed by atoms with Gasteiger partial charge in [-0.25, -0.2) is 0 Å². The van der Waals surface area contributed by atoms with Crippen LogP contribution in [0.25, 0.3) is 11.3 Å². The third-order valence-corrected chi connectivity index (χ3v) is 2.71. The van der Waals surface area contributed by atoms with E-state index in [1.54, 1.807) is 6.20 Å². The smallest absolute Gasteiger partial charge is 0.307 e. The number of benzene rings is 1. The van der Waals surface area contributed by atoms with Crippen LogP contribution in [0, 0.1) is 0 Å². The van der Waals surface area contributed by atoms with Crippen molar-refractivity contribution in [1.82, 2.24) is 10.2 Å². The lowest BCUT2D eigenvalue weighted by Gasteiger charge is -2.02. The first-order valence-corrected chi connectivity index (χ1v) is 5.54. The van der Waals surface area contributed by atoms with Crippen molar-refractivity contribution in [2.24, 2.45) is 0 Å². The Bertz CT molecular complexity index is 514. The van der Waals surface area contributed by atoms with E-state index in [0.717, 1.165) is 17.7 Å². The van der Waals surface area contributed by atoms with Crippen LogP contribution in [0.4, 0.5) is 0 Å². The van der Waals surface area contributed by atoms with Gasteiger partial charge in [0.15, 0.2) is 0 Å². The number of carboxylic acids is 1. The summed E-state index contributed by atoms with van der Waals surface area (Å²) in [6.45, 7) is 2.10. The average molecular weight is 230 g/mol. The second-order valence-corrected chi connectivity index (χ2v) is 3.89. The number of nitrogens with zero attached hydrogens (tertiary/aromatic N) is 1. The van der Waals surface area contributed by atoms with Crippen LogP contribution in [0.3, 0.4) is 0 Å². The molecule has 0 saturated carbocycles. The number of H-pyrrole nitrogens is 1. The molecule has 0 aliphatic carbocycles. The molecule has 0 radical (unpaired) electrons. The summed E-state index contributed by atoms with van der Waals surface area (Å²) < 4.78 is 0. The van der Waals surface area contributed by atoms with Gasteiger partial charge in [0.25, 0.3) is 0 Å². The molecule has 2 aromatic rings. The highest BCUT2D eigenvalue weighted by atomic mass is 16.4. The molecule has 0 saturated heterocycles. The minimum atomic E-state index is -0.849. The van der Waals surface area contributed by atoms with Crippen LogP contribution >= 0.6 is 0 Å². The van der Waals surface area contributed by atoms with E-state index in [1.165, 1.54) is 5.56 Å². The fraction of sp³-hybridized carbons (Fsp3) is 0.231. The number of aryl methyl sites for hydroxylation is 1. The van der Waals surface area contributed by atoms with Crippen molar-refractivity contribution in [3.05, 3.63) is 41.6 Å². The molecule has 0 atom stereocenters. The van der Waals surface area contributed by atoms with E-state index in [-0.39, 0.29) is 6.42 Å². The summed E-state index contributed by atoms with van der Waals surface area (Å²) in [5.74, 6) is -0.849. The van der Waals surface area contributed by atoms with Crippen LogP contribution in [-0.4, -0.2) is 21.3 Å². The number of hydrogen-bond donors (Lipinski definition) is 2. The van der Waals surface area contributed by atoms with Crippen LogP contribution in [0.2, 0.25) is 0 Å². The lowest BCUT2D eigenvalue weighted by Crippen LogP contribution is -2.00. The van der Waals surface area contributed by atoms with Gasteiger partial charge in [0.05, 0.1) is 18.3 Å². The largest absolute Gasteiger partial charge is 0.481 e. The second-order valence-electron chi connectivity index (χ2n) is 3.89. The van der Waals surface area contributed by atoms with Gasteiger partial charge < -0.3 is 5.11 Å². The Hall–Kier alpha value is -2.10. The predicted molar refractivity (Wildman–Crippen MR) is 64.7 cm³/mol. The van der Waals surface area contributed by atoms with Crippen LogP contribution in [0.5, 0.6) is 0 Å². The molecule has 0 aliphatic rings. The maximum atomic E-state index is 10.7. The van der Waals surface area contributed by atoms with E-state index in [0.29, 0.717) is 5.56 Å². The van der Waals surface area contributed by atoms with Gasteiger partial charge in [0.1, 0.15) is 0 Å². The zero-order chi connectivity index (χ0) is 12.3. The van der Waals surface area contributed by atoms with Gasteiger partial charge in [0, 0.05) is 5.56 Å². The molecule has 1 heterocycles. The van der Waals surface area contributed by atoms with Crippen molar-refractivity contribution >= 4 is 5.97 Å². The van der Waals surface area contributed by atoms with E-state index < -0.39 is 5.97 Å². The Kier molecular flexibility index (Phi) is 3.23. The maximum Gasteiger partial charge on any atom is 0.307 e. The summed E-state index contributed by atoms with van der Waals surface area (Å²) >= 11 is 0. The fourth-order valence-electron chi connectivity index (χ4n) is 1.77. The highest BCUT2D eigenvalue weighted by Crippen LogP contribution is 2.22. The standard InChI is InChI=1S/C13H14N2O2/c1-2-9-3-5-10(6-4-9)13-11(7-12(16)17)8-14-15-13/h3-6,8H,2,7H2,1H3,(H,14,15)(H,16,17). The van der Waals surface area contributed by atoms with Crippen LogP contribution in [0.15, 0.2) is 30.5 Å². The Morgan fingerprint density at radius 1 is 1.35 bits per heavy atom. The van der Waals surface area contributed by atoms with Crippen LogP contribution in [-0.2, 0) is 17.6 Å². The Labute approximate surface area is 99.3 Å². The van der Waals surface area contributed by atoms with Gasteiger partial charge in [-0.3, -0.25) is 9.89 Å². The molecule has 4 nitrogen and oxygen atoms in total. The molecule has 0 aliphatic heterocycles. The van der Waals surface area contributed by atoms with Crippen molar-refractivity contribution in [3.8, 4) is 11.3 Å². The van der Waals surface area contributed by atoms with E-state index >= 15 is 0 Å². The molecular weight excluding hydrogens is 216 g/mol. The molecule has 4 heteroatoms. The molecule has 0 amide bonds. The highest BCUT2D eigenvalue weighted by molar-refractivity contribution is 5.74. The number of hydrogen-bond acceptors (Lipinski definition) is 2. The minimum Gasteiger partial charge on any atom is -0.481 e. The van der Waals surface area contributed by atoms with Gasteiger partial charge in [-0.1, -0.05) is 31.2 Å². The van der Waals surface area contributed by atoms with Crippen LogP contribution in [0.1, 0.15) is 18.1 Å². The third-order valence-electron chi connectivity index (χ3n) is 2.71. The fourth-order valence-corrected chi connectivity index (χ4v) is 1.77. The first-order valence-electron chi connectivity index (χ1n) is 5.54. The van der Waals surface area contributed by atoms with E-state index in [9.17, 15) is 4.79 Å². The maximum absolute atomic E-state index is 10.7. The van der Waals surface area contributed by atoms with E-state index in [4.69, 9.17) is 5.11 Å². The summed E-state index contributed by atoms with van der Waals surface area (Å²) in [6, 6.07) is 8.05. The molecule has 0 unspecified atom stereocenters. The summed E-state index contributed by atoms with van der Waals surface area (Å²) in [7, 11) is 0. The Balaban J connectivity index is 2.32. The summed E-state index contributed by atoms with van der Waals surface area (Å²) in [4.78, 5) is 10.7. The van der Waals surface area contributed by atoms with Gasteiger partial charge >= 0.3 is 5.97 Å². The van der Waals surface area contributed by atoms with Crippen molar-refractivity contribution in [2.45, 2.75) is 19.8 Å². The molecule has 1 aromatic heterocycles. The topological polar surface area (TPSA) is 66.0 Å². The van der Waals surface area contributed by atoms with Crippen molar-refractivity contribution in [1.29, 1.82) is 0 Å². The first kappa shape index (κ1) is 11.4. The predicted octanol–water partition coefficient (Wildman–Crippen LogP) is 2.27. The van der Waals surface area contributed by atoms with Crippen molar-refractivity contribution in [3.63, 3.8) is 0 Å².